The molecule has 0 aromatic heterocycles. The van der Waals surface area contributed by atoms with Crippen molar-refractivity contribution in [2.24, 2.45) is 0 Å². The predicted octanol–water partition coefficient (Wildman–Crippen LogP) is 0.911. The first-order valence-electron chi connectivity index (χ1n) is 5.25. The van der Waals surface area contributed by atoms with Crippen LogP contribution in [0.25, 0.3) is 0 Å². The Morgan fingerprint density at radius 3 is 3.07 bits per heavy atom. The Hall–Kier alpha value is -0.820. The fourth-order valence-electron chi connectivity index (χ4n) is 1.70. The Balaban J connectivity index is 2.36. The molecule has 1 aliphatic rings. The molecule has 1 heterocycles. The Bertz CT molecular complexity index is 234. The lowest BCUT2D eigenvalue weighted by atomic mass is 10.2. The van der Waals surface area contributed by atoms with E-state index < -0.39 is 0 Å². The predicted molar refractivity (Wildman–Crippen MR) is 60.6 cm³/mol. The maximum atomic E-state index is 5.59. The zero-order chi connectivity index (χ0) is 11.1. The number of ether oxygens (including phenoxy) is 2. The summed E-state index contributed by atoms with van der Waals surface area (Å²) >= 11 is 0. The summed E-state index contributed by atoms with van der Waals surface area (Å²) in [6.07, 6.45) is 8.16. The van der Waals surface area contributed by atoms with Crippen LogP contribution in [0.3, 0.4) is 0 Å². The topological polar surface area (TPSA) is 21.7 Å². The van der Waals surface area contributed by atoms with Crippen LogP contribution in [0.2, 0.25) is 0 Å². The number of methoxy groups -OCH3 is 1. The highest BCUT2D eigenvalue weighted by Gasteiger charge is 2.24. The number of hydrogen-bond acceptors (Lipinski definition) is 3. The van der Waals surface area contributed by atoms with Gasteiger partial charge in [0, 0.05) is 33.4 Å². The molecule has 3 nitrogen and oxygen atoms in total. The van der Waals surface area contributed by atoms with E-state index in [2.05, 4.69) is 17.4 Å². The van der Waals surface area contributed by atoms with Crippen LogP contribution < -0.4 is 0 Å². The van der Waals surface area contributed by atoms with Crippen molar-refractivity contribution in [2.75, 3.05) is 33.4 Å². The van der Waals surface area contributed by atoms with Crippen molar-refractivity contribution in [1.82, 2.24) is 4.90 Å². The molecule has 0 saturated carbocycles. The summed E-state index contributed by atoms with van der Waals surface area (Å²) in [7, 11) is 1.72. The number of morpholine rings is 1. The van der Waals surface area contributed by atoms with Crippen LogP contribution in [0.15, 0.2) is 12.7 Å². The third-order valence-electron chi connectivity index (χ3n) is 2.47. The smallest absolute Gasteiger partial charge is 0.131 e. The number of rotatable bonds is 5. The van der Waals surface area contributed by atoms with E-state index in [9.17, 15) is 0 Å². The molecular formula is C12H19NO2. The van der Waals surface area contributed by atoms with Gasteiger partial charge in [-0.15, -0.1) is 13.0 Å². The van der Waals surface area contributed by atoms with Crippen molar-refractivity contribution in [3.8, 4) is 12.3 Å². The summed E-state index contributed by atoms with van der Waals surface area (Å²) in [5.41, 5.74) is 0. The van der Waals surface area contributed by atoms with Gasteiger partial charge in [-0.1, -0.05) is 12.0 Å². The summed E-state index contributed by atoms with van der Waals surface area (Å²) in [5.74, 6) is 2.65. The lowest BCUT2D eigenvalue weighted by molar-refractivity contribution is -0.0383. The van der Waals surface area contributed by atoms with Gasteiger partial charge in [0.05, 0.1) is 6.10 Å². The van der Waals surface area contributed by atoms with Gasteiger partial charge in [-0.2, -0.15) is 0 Å². The van der Waals surface area contributed by atoms with Gasteiger partial charge in [0.2, 0.25) is 0 Å². The van der Waals surface area contributed by atoms with Crippen LogP contribution in [-0.4, -0.2) is 50.5 Å². The quantitative estimate of drug-likeness (QED) is 0.382. The van der Waals surface area contributed by atoms with E-state index in [-0.39, 0.29) is 12.2 Å². The Morgan fingerprint density at radius 2 is 2.47 bits per heavy atom. The van der Waals surface area contributed by atoms with Gasteiger partial charge in [-0.25, -0.2) is 0 Å². The first kappa shape index (κ1) is 12.3. The molecule has 1 saturated heterocycles. The van der Waals surface area contributed by atoms with Gasteiger partial charge in [0.25, 0.3) is 0 Å². The molecule has 84 valence electrons. The van der Waals surface area contributed by atoms with Crippen LogP contribution in [0, 0.1) is 12.3 Å². The third kappa shape index (κ3) is 4.05. The van der Waals surface area contributed by atoms with Gasteiger partial charge in [-0.05, 0) is 6.42 Å². The number of nitrogens with zero attached hydrogens (tertiary/aromatic N) is 1. The van der Waals surface area contributed by atoms with Crippen LogP contribution in [0.4, 0.5) is 0 Å². The average Bonchev–Trinajstić information content (AvgIpc) is 2.29. The maximum Gasteiger partial charge on any atom is 0.131 e. The van der Waals surface area contributed by atoms with Crippen LogP contribution in [0.1, 0.15) is 6.42 Å². The minimum absolute atomic E-state index is 0.0577. The normalized spacial score (nSPS) is 27.2. The summed E-state index contributed by atoms with van der Waals surface area (Å²) in [6.45, 7) is 7.22. The van der Waals surface area contributed by atoms with Crippen molar-refractivity contribution >= 4 is 0 Å². The third-order valence-corrected chi connectivity index (χ3v) is 2.47. The molecule has 0 aliphatic carbocycles. The molecule has 0 N–H and O–H groups in total. The second kappa shape index (κ2) is 6.62. The molecule has 0 bridgehead atoms. The Kier molecular flexibility index (Phi) is 5.41. The molecular weight excluding hydrogens is 190 g/mol. The van der Waals surface area contributed by atoms with E-state index in [1.54, 1.807) is 7.11 Å². The second-order valence-corrected chi connectivity index (χ2v) is 3.67. The van der Waals surface area contributed by atoms with Crippen LogP contribution in [0.5, 0.6) is 0 Å². The summed E-state index contributed by atoms with van der Waals surface area (Å²) in [4.78, 5) is 2.30. The monoisotopic (exact) mass is 209 g/mol. The van der Waals surface area contributed by atoms with Gasteiger partial charge >= 0.3 is 0 Å². The van der Waals surface area contributed by atoms with Crippen molar-refractivity contribution in [1.29, 1.82) is 0 Å². The molecule has 0 spiro atoms. The minimum Gasteiger partial charge on any atom is -0.385 e. The Morgan fingerprint density at radius 1 is 1.67 bits per heavy atom. The average molecular weight is 209 g/mol. The SMILES string of the molecule is C#C[C@@H]1CN(CCCOC)C[C@H](C=C)O1. The summed E-state index contributed by atoms with van der Waals surface area (Å²) in [6, 6.07) is 0. The van der Waals surface area contributed by atoms with Crippen LogP contribution in [-0.2, 0) is 9.47 Å². The molecule has 1 aliphatic heterocycles. The van der Waals surface area contributed by atoms with E-state index in [4.69, 9.17) is 15.9 Å². The van der Waals surface area contributed by atoms with Crippen molar-refractivity contribution in [3.05, 3.63) is 12.7 Å². The van der Waals surface area contributed by atoms with Gasteiger partial charge in [0.1, 0.15) is 6.10 Å². The van der Waals surface area contributed by atoms with E-state index in [1.165, 1.54) is 0 Å². The molecule has 1 rings (SSSR count). The molecule has 1 fully saturated rings. The molecule has 0 amide bonds. The molecule has 15 heavy (non-hydrogen) atoms. The zero-order valence-corrected chi connectivity index (χ0v) is 9.32. The lowest BCUT2D eigenvalue weighted by Gasteiger charge is -2.34. The summed E-state index contributed by atoms with van der Waals surface area (Å²) < 4.78 is 10.6. The summed E-state index contributed by atoms with van der Waals surface area (Å²) in [5, 5.41) is 0. The molecule has 0 aromatic rings. The molecule has 2 atom stereocenters. The standard InChI is InChI=1S/C12H19NO2/c1-4-11-9-13(7-6-8-14-3)10-12(5-2)15-11/h1,5,11-12H,2,6-10H2,3H3/t11-,12+/m1/s1. The van der Waals surface area contributed by atoms with Crippen LogP contribution >= 0.6 is 0 Å². The molecule has 0 radical (unpaired) electrons. The van der Waals surface area contributed by atoms with E-state index in [0.717, 1.165) is 32.7 Å². The second-order valence-electron chi connectivity index (χ2n) is 3.67. The van der Waals surface area contributed by atoms with Crippen molar-refractivity contribution < 1.29 is 9.47 Å². The number of terminal acetylenes is 1. The van der Waals surface area contributed by atoms with E-state index >= 15 is 0 Å². The van der Waals surface area contributed by atoms with E-state index in [0.29, 0.717) is 0 Å². The largest absolute Gasteiger partial charge is 0.385 e. The maximum absolute atomic E-state index is 5.59. The first-order chi connectivity index (χ1) is 7.30. The van der Waals surface area contributed by atoms with Crippen molar-refractivity contribution in [3.63, 3.8) is 0 Å². The van der Waals surface area contributed by atoms with Crippen molar-refractivity contribution in [2.45, 2.75) is 18.6 Å². The highest BCUT2D eigenvalue weighted by Crippen LogP contribution is 2.11. The molecule has 0 aromatic carbocycles. The molecule has 0 unspecified atom stereocenters. The van der Waals surface area contributed by atoms with E-state index in [1.807, 2.05) is 6.08 Å². The zero-order valence-electron chi connectivity index (χ0n) is 9.32. The number of hydrogen-bond donors (Lipinski definition) is 0. The minimum atomic E-state index is -0.107. The van der Waals surface area contributed by atoms with Gasteiger partial charge in [0.15, 0.2) is 0 Å². The molecule has 3 heteroatoms. The fraction of sp³-hybridized carbons (Fsp3) is 0.667. The van der Waals surface area contributed by atoms with Gasteiger partial charge < -0.3 is 9.47 Å². The highest BCUT2D eigenvalue weighted by atomic mass is 16.5. The fourth-order valence-corrected chi connectivity index (χ4v) is 1.70. The lowest BCUT2D eigenvalue weighted by Crippen LogP contribution is -2.46. The van der Waals surface area contributed by atoms with Gasteiger partial charge in [-0.3, -0.25) is 4.90 Å². The first-order valence-corrected chi connectivity index (χ1v) is 5.25. The highest BCUT2D eigenvalue weighted by molar-refractivity contribution is 5.01. The Labute approximate surface area is 92.0 Å².